The van der Waals surface area contributed by atoms with Crippen LogP contribution in [-0.2, 0) is 6.54 Å². The summed E-state index contributed by atoms with van der Waals surface area (Å²) in [6.45, 7) is 0.719. The van der Waals surface area contributed by atoms with Crippen molar-refractivity contribution < 1.29 is 0 Å². The number of benzene rings is 2. The number of imidazole rings is 1. The molecule has 0 aliphatic heterocycles. The smallest absolute Gasteiger partial charge is 0.135 e. The van der Waals surface area contributed by atoms with Gasteiger partial charge < -0.3 is 15.2 Å². The zero-order valence-corrected chi connectivity index (χ0v) is 14.1. The normalized spacial score (nSPS) is 10.5. The summed E-state index contributed by atoms with van der Waals surface area (Å²) in [5.74, 6) is 1.52. The quantitative estimate of drug-likeness (QED) is 0.554. The molecule has 0 fully saturated rings. The third-order valence-electron chi connectivity index (χ3n) is 3.93. The molecule has 0 aliphatic carbocycles. The molecule has 0 spiro atoms. The van der Waals surface area contributed by atoms with Gasteiger partial charge in [0.2, 0.25) is 0 Å². The summed E-state index contributed by atoms with van der Waals surface area (Å²) in [4.78, 5) is 12.6. The van der Waals surface area contributed by atoms with Crippen molar-refractivity contribution in [2.24, 2.45) is 0 Å². The van der Waals surface area contributed by atoms with Crippen LogP contribution in [0.5, 0.6) is 0 Å². The number of hydrogen-bond acceptors (Lipinski definition) is 5. The average Bonchev–Trinajstić information content (AvgIpc) is 3.23. The Labute approximate surface area is 151 Å². The third-order valence-corrected chi connectivity index (χ3v) is 3.93. The zero-order chi connectivity index (χ0) is 17.6. The van der Waals surface area contributed by atoms with E-state index in [1.807, 2.05) is 59.3 Å². The zero-order valence-electron chi connectivity index (χ0n) is 14.1. The Kier molecular flexibility index (Phi) is 4.56. The van der Waals surface area contributed by atoms with Gasteiger partial charge in [-0.3, -0.25) is 0 Å². The van der Waals surface area contributed by atoms with Gasteiger partial charge in [0.25, 0.3) is 0 Å². The molecule has 0 bridgehead atoms. The largest absolute Gasteiger partial charge is 0.366 e. The molecule has 0 saturated carbocycles. The van der Waals surface area contributed by atoms with E-state index in [9.17, 15) is 0 Å². The summed E-state index contributed by atoms with van der Waals surface area (Å²) in [7, 11) is 0. The third kappa shape index (κ3) is 3.87. The molecule has 0 saturated heterocycles. The van der Waals surface area contributed by atoms with Gasteiger partial charge in [-0.15, -0.1) is 0 Å². The Morgan fingerprint density at radius 2 is 1.69 bits per heavy atom. The minimum atomic E-state index is 0.719. The Hall–Kier alpha value is -3.67. The Balaban J connectivity index is 1.42. The molecule has 128 valence electrons. The van der Waals surface area contributed by atoms with Crippen molar-refractivity contribution in [3.63, 3.8) is 0 Å². The molecule has 0 radical (unpaired) electrons. The van der Waals surface area contributed by atoms with E-state index in [2.05, 4.69) is 37.7 Å². The fourth-order valence-electron chi connectivity index (χ4n) is 2.59. The molecule has 4 rings (SSSR count). The van der Waals surface area contributed by atoms with Crippen LogP contribution in [0, 0.1) is 0 Å². The summed E-state index contributed by atoms with van der Waals surface area (Å²) < 4.78 is 1.96. The van der Waals surface area contributed by atoms with Gasteiger partial charge in [-0.05, 0) is 29.8 Å². The first kappa shape index (κ1) is 15.8. The molecule has 4 aromatic rings. The van der Waals surface area contributed by atoms with E-state index in [-0.39, 0.29) is 0 Å². The van der Waals surface area contributed by atoms with Crippen molar-refractivity contribution in [1.29, 1.82) is 0 Å². The van der Waals surface area contributed by atoms with Crippen molar-refractivity contribution in [3.8, 4) is 5.69 Å². The lowest BCUT2D eigenvalue weighted by Crippen LogP contribution is -2.03. The van der Waals surface area contributed by atoms with Crippen molar-refractivity contribution in [2.45, 2.75) is 6.54 Å². The van der Waals surface area contributed by atoms with Crippen LogP contribution in [-0.4, -0.2) is 19.5 Å². The Morgan fingerprint density at radius 1 is 0.885 bits per heavy atom. The second-order valence-corrected chi connectivity index (χ2v) is 5.77. The standard InChI is InChI=1S/C20H18N6/c1-2-4-16(5-3-1)13-22-19-12-20(24-14-23-19)25-17-6-8-18(9-7-17)26-11-10-21-15-26/h1-12,14-15H,13H2,(H2,22,23,24,25). The molecule has 2 aromatic carbocycles. The number of hydrogen-bond donors (Lipinski definition) is 2. The molecule has 26 heavy (non-hydrogen) atoms. The van der Waals surface area contributed by atoms with E-state index in [4.69, 9.17) is 0 Å². The van der Waals surface area contributed by atoms with Gasteiger partial charge in [0.05, 0.1) is 6.33 Å². The van der Waals surface area contributed by atoms with Gasteiger partial charge in [-0.1, -0.05) is 30.3 Å². The van der Waals surface area contributed by atoms with Crippen LogP contribution in [0.3, 0.4) is 0 Å². The lowest BCUT2D eigenvalue weighted by molar-refractivity contribution is 1.06. The van der Waals surface area contributed by atoms with E-state index in [0.29, 0.717) is 0 Å². The van der Waals surface area contributed by atoms with Gasteiger partial charge in [0.15, 0.2) is 0 Å². The summed E-state index contributed by atoms with van der Waals surface area (Å²) >= 11 is 0. The van der Waals surface area contributed by atoms with Crippen molar-refractivity contribution in [2.75, 3.05) is 10.6 Å². The van der Waals surface area contributed by atoms with Gasteiger partial charge >= 0.3 is 0 Å². The van der Waals surface area contributed by atoms with E-state index >= 15 is 0 Å². The maximum absolute atomic E-state index is 4.28. The summed E-state index contributed by atoms with van der Waals surface area (Å²) in [5.41, 5.74) is 3.22. The highest BCUT2D eigenvalue weighted by Gasteiger charge is 2.01. The van der Waals surface area contributed by atoms with Crippen LogP contribution in [0.25, 0.3) is 5.69 Å². The fraction of sp³-hybridized carbons (Fsp3) is 0.0500. The minimum Gasteiger partial charge on any atom is -0.366 e. The van der Waals surface area contributed by atoms with Crippen LogP contribution in [0.2, 0.25) is 0 Å². The number of anilines is 3. The van der Waals surface area contributed by atoms with Crippen LogP contribution >= 0.6 is 0 Å². The number of rotatable bonds is 6. The second kappa shape index (κ2) is 7.48. The van der Waals surface area contributed by atoms with Gasteiger partial charge in [0, 0.05) is 36.4 Å². The topological polar surface area (TPSA) is 67.7 Å². The summed E-state index contributed by atoms with van der Waals surface area (Å²) in [5, 5.41) is 6.61. The maximum atomic E-state index is 4.28. The van der Waals surface area contributed by atoms with Gasteiger partial charge in [-0.2, -0.15) is 0 Å². The number of nitrogens with one attached hydrogen (secondary N) is 2. The van der Waals surface area contributed by atoms with Crippen LogP contribution < -0.4 is 10.6 Å². The molecular formula is C20H18N6. The van der Waals surface area contributed by atoms with Gasteiger partial charge in [-0.25, -0.2) is 15.0 Å². The van der Waals surface area contributed by atoms with E-state index in [1.54, 1.807) is 18.9 Å². The molecule has 2 N–H and O–H groups in total. The first-order valence-corrected chi connectivity index (χ1v) is 8.32. The number of aromatic nitrogens is 4. The molecule has 0 unspecified atom stereocenters. The highest BCUT2D eigenvalue weighted by Crippen LogP contribution is 2.18. The molecule has 0 amide bonds. The molecule has 2 heterocycles. The minimum absolute atomic E-state index is 0.719. The molecule has 2 aromatic heterocycles. The maximum Gasteiger partial charge on any atom is 0.135 e. The SMILES string of the molecule is c1ccc(CNc2cc(Nc3ccc(-n4ccnc4)cc3)ncn2)cc1. The van der Waals surface area contributed by atoms with E-state index in [0.717, 1.165) is 29.6 Å². The van der Waals surface area contributed by atoms with E-state index < -0.39 is 0 Å². The first-order valence-electron chi connectivity index (χ1n) is 8.32. The van der Waals surface area contributed by atoms with Crippen molar-refractivity contribution in [1.82, 2.24) is 19.5 Å². The number of nitrogens with zero attached hydrogens (tertiary/aromatic N) is 4. The Morgan fingerprint density at radius 3 is 2.46 bits per heavy atom. The summed E-state index contributed by atoms with van der Waals surface area (Å²) in [6.07, 6.45) is 7.00. The monoisotopic (exact) mass is 342 g/mol. The van der Waals surface area contributed by atoms with Crippen LogP contribution in [0.15, 0.2) is 85.7 Å². The van der Waals surface area contributed by atoms with Crippen molar-refractivity contribution in [3.05, 3.63) is 91.3 Å². The highest BCUT2D eigenvalue weighted by molar-refractivity contribution is 5.60. The first-order chi connectivity index (χ1) is 12.9. The molecular weight excluding hydrogens is 324 g/mol. The molecule has 0 atom stereocenters. The van der Waals surface area contributed by atoms with Crippen LogP contribution in [0.1, 0.15) is 5.56 Å². The van der Waals surface area contributed by atoms with Crippen LogP contribution in [0.4, 0.5) is 17.3 Å². The highest BCUT2D eigenvalue weighted by atomic mass is 15.1. The fourth-order valence-corrected chi connectivity index (χ4v) is 2.59. The van der Waals surface area contributed by atoms with Gasteiger partial charge in [0.1, 0.15) is 18.0 Å². The predicted molar refractivity (Wildman–Crippen MR) is 103 cm³/mol. The lowest BCUT2D eigenvalue weighted by Gasteiger charge is -2.09. The van der Waals surface area contributed by atoms with E-state index in [1.165, 1.54) is 5.56 Å². The predicted octanol–water partition coefficient (Wildman–Crippen LogP) is 4.02. The molecule has 6 heteroatoms. The lowest BCUT2D eigenvalue weighted by atomic mass is 10.2. The second-order valence-electron chi connectivity index (χ2n) is 5.77. The Bertz CT molecular complexity index is 949. The molecule has 6 nitrogen and oxygen atoms in total. The van der Waals surface area contributed by atoms with Crippen molar-refractivity contribution >= 4 is 17.3 Å². The molecule has 0 aliphatic rings. The summed E-state index contributed by atoms with van der Waals surface area (Å²) in [6, 6.07) is 20.2. The average molecular weight is 342 g/mol.